The summed E-state index contributed by atoms with van der Waals surface area (Å²) in [6, 6.07) is 65.1. The molecule has 0 bridgehead atoms. The molecule has 0 unspecified atom stereocenters. The molecule has 39 heavy (non-hydrogen) atoms. The summed E-state index contributed by atoms with van der Waals surface area (Å²) in [7, 11) is 0. The average Bonchev–Trinajstić information content (AvgIpc) is 3.01. The van der Waals surface area contributed by atoms with Gasteiger partial charge in [-0.3, -0.25) is 0 Å². The fourth-order valence-electron chi connectivity index (χ4n) is 3.68. The van der Waals surface area contributed by atoms with Crippen molar-refractivity contribution >= 4 is 36.6 Å². The van der Waals surface area contributed by atoms with Gasteiger partial charge in [-0.15, -0.1) is 12.4 Å². The van der Waals surface area contributed by atoms with Gasteiger partial charge < -0.3 is 0 Å². The van der Waals surface area contributed by atoms with E-state index >= 15 is 0 Å². The van der Waals surface area contributed by atoms with Crippen LogP contribution in [0.5, 0.6) is 0 Å². The van der Waals surface area contributed by atoms with Gasteiger partial charge in [0.25, 0.3) is 0 Å². The van der Waals surface area contributed by atoms with Crippen LogP contribution in [-0.2, 0) is 33.5 Å². The van der Waals surface area contributed by atoms with E-state index in [2.05, 4.69) is 182 Å². The first-order chi connectivity index (χ1) is 18.9. The van der Waals surface area contributed by atoms with Crippen molar-refractivity contribution in [2.24, 2.45) is 0 Å². The van der Waals surface area contributed by atoms with Crippen LogP contribution in [0.2, 0.25) is 0 Å². The molecule has 0 heterocycles. The normalized spacial score (nSPS) is 10.8. The van der Waals surface area contributed by atoms with Crippen LogP contribution in [0, 0.1) is 0 Å². The summed E-state index contributed by atoms with van der Waals surface area (Å²) in [5.74, 6) is 0. The Bertz CT molecular complexity index is 1170. The SMILES string of the molecule is Cl.c1cc[c]([Pd]([c]2ccccc2)[c]2ccccc2)cc1.c1cc[c]([Pd]([c]2ccccc2)[c]2ccccc2)cc1. The second-order valence-electron chi connectivity index (χ2n) is 8.03. The standard InChI is InChI=1S/6C6H5.ClH.2Pd/c6*1-2-4-6-5-3-1;;;/h6*1-5H;1H;;. The summed E-state index contributed by atoms with van der Waals surface area (Å²) in [4.78, 5) is 0. The van der Waals surface area contributed by atoms with Gasteiger partial charge >= 0.3 is 240 Å². The van der Waals surface area contributed by atoms with Gasteiger partial charge in [0.1, 0.15) is 0 Å². The first kappa shape index (κ1) is 28.9. The molecule has 0 atom stereocenters. The number of rotatable bonds is 6. The molecule has 0 aliphatic heterocycles. The fourth-order valence-corrected chi connectivity index (χ4v) is 11.7. The monoisotopic (exact) mass is 710 g/mol. The van der Waals surface area contributed by atoms with Crippen molar-refractivity contribution in [2.75, 3.05) is 0 Å². The van der Waals surface area contributed by atoms with E-state index in [4.69, 9.17) is 0 Å². The van der Waals surface area contributed by atoms with Crippen molar-refractivity contribution in [1.29, 1.82) is 0 Å². The molecule has 0 N–H and O–H groups in total. The zero-order chi connectivity index (χ0) is 25.8. The summed E-state index contributed by atoms with van der Waals surface area (Å²) < 4.78 is 8.70. The molecule has 6 aromatic carbocycles. The van der Waals surface area contributed by atoms with Crippen LogP contribution in [0.3, 0.4) is 0 Å². The van der Waals surface area contributed by atoms with E-state index in [1.54, 1.807) is 0 Å². The summed E-state index contributed by atoms with van der Waals surface area (Å²) in [6.07, 6.45) is 0. The molecule has 3 heteroatoms. The molecule has 6 aromatic rings. The van der Waals surface area contributed by atoms with Gasteiger partial charge in [0, 0.05) is 0 Å². The van der Waals surface area contributed by atoms with E-state index in [0.717, 1.165) is 0 Å². The molecule has 0 aliphatic rings. The molecule has 0 aliphatic carbocycles. The molecule has 0 nitrogen and oxygen atoms in total. The summed E-state index contributed by atoms with van der Waals surface area (Å²) in [5, 5.41) is 0. The first-order valence-electron chi connectivity index (χ1n) is 12.4. The predicted octanol–water partition coefficient (Wildman–Crippen LogP) is 5.58. The Hall–Kier alpha value is -3.07. The number of hydrogen-bond acceptors (Lipinski definition) is 0. The summed E-state index contributed by atoms with van der Waals surface area (Å²) in [6.45, 7) is 0. The second kappa shape index (κ2) is 15.5. The number of benzene rings is 6. The van der Waals surface area contributed by atoms with E-state index in [-0.39, 0.29) is 12.4 Å². The minimum absolute atomic E-state index is 0. The molecule has 6 rings (SSSR count). The molecule has 0 aromatic heterocycles. The Morgan fingerprint density at radius 2 is 0.333 bits per heavy atom. The molecule has 0 saturated heterocycles. The molecule has 0 amide bonds. The van der Waals surface area contributed by atoms with Crippen LogP contribution in [-0.4, -0.2) is 0 Å². The Morgan fingerprint density at radius 3 is 0.462 bits per heavy atom. The number of halogens is 1. The van der Waals surface area contributed by atoms with Crippen molar-refractivity contribution in [2.45, 2.75) is 0 Å². The Morgan fingerprint density at radius 1 is 0.205 bits per heavy atom. The molecule has 0 radical (unpaired) electrons. The Kier molecular flexibility index (Phi) is 11.5. The van der Waals surface area contributed by atoms with Crippen molar-refractivity contribution in [3.63, 3.8) is 0 Å². The van der Waals surface area contributed by atoms with Crippen LogP contribution >= 0.6 is 12.4 Å². The third-order valence-electron chi connectivity index (χ3n) is 5.37. The maximum atomic E-state index is 2.25. The minimum atomic E-state index is -1.05. The third-order valence-corrected chi connectivity index (χ3v) is 13.9. The van der Waals surface area contributed by atoms with E-state index < -0.39 is 33.5 Å². The molecular weight excluding hydrogens is 681 g/mol. The maximum absolute atomic E-state index is 2.25. The topological polar surface area (TPSA) is 0 Å². The van der Waals surface area contributed by atoms with E-state index in [0.29, 0.717) is 0 Å². The van der Waals surface area contributed by atoms with Gasteiger partial charge in [-0.25, -0.2) is 0 Å². The summed E-state index contributed by atoms with van der Waals surface area (Å²) in [5.41, 5.74) is 0. The van der Waals surface area contributed by atoms with Crippen LogP contribution in [0.4, 0.5) is 0 Å². The van der Waals surface area contributed by atoms with Crippen LogP contribution < -0.4 is 24.2 Å². The molecule has 0 spiro atoms. The second-order valence-corrected chi connectivity index (χ2v) is 15.8. The van der Waals surface area contributed by atoms with Crippen molar-refractivity contribution in [3.05, 3.63) is 182 Å². The molecule has 0 saturated carbocycles. The average molecular weight is 712 g/mol. The Labute approximate surface area is 250 Å². The van der Waals surface area contributed by atoms with Crippen LogP contribution in [0.15, 0.2) is 182 Å². The zero-order valence-corrected chi connectivity index (χ0v) is 25.3. The van der Waals surface area contributed by atoms with Gasteiger partial charge in [0.05, 0.1) is 0 Å². The van der Waals surface area contributed by atoms with Gasteiger partial charge in [0.15, 0.2) is 0 Å². The van der Waals surface area contributed by atoms with E-state index in [1.807, 2.05) is 0 Å². The molecule has 202 valence electrons. The Balaban J connectivity index is 0.000000176. The zero-order valence-electron chi connectivity index (χ0n) is 21.4. The fraction of sp³-hybridized carbons (Fsp3) is 0. The van der Waals surface area contributed by atoms with Crippen LogP contribution in [0.25, 0.3) is 0 Å². The van der Waals surface area contributed by atoms with Crippen molar-refractivity contribution in [1.82, 2.24) is 0 Å². The first-order valence-corrected chi connectivity index (χ1v) is 17.1. The molecular formula is C36H31ClPd2. The van der Waals surface area contributed by atoms with Gasteiger partial charge in [-0.2, -0.15) is 0 Å². The van der Waals surface area contributed by atoms with Gasteiger partial charge in [-0.1, -0.05) is 0 Å². The van der Waals surface area contributed by atoms with Gasteiger partial charge in [-0.05, 0) is 0 Å². The quantitative estimate of drug-likeness (QED) is 0.198. The third kappa shape index (κ3) is 7.97. The number of hydrogen-bond donors (Lipinski definition) is 0. The molecule has 0 fully saturated rings. The van der Waals surface area contributed by atoms with E-state index in [9.17, 15) is 0 Å². The van der Waals surface area contributed by atoms with Gasteiger partial charge in [0.2, 0.25) is 0 Å². The van der Waals surface area contributed by atoms with Crippen LogP contribution in [0.1, 0.15) is 0 Å². The predicted molar refractivity (Wildman–Crippen MR) is 164 cm³/mol. The summed E-state index contributed by atoms with van der Waals surface area (Å²) >= 11 is -2.10. The van der Waals surface area contributed by atoms with Crippen molar-refractivity contribution < 1.29 is 33.5 Å². The van der Waals surface area contributed by atoms with E-state index in [1.165, 1.54) is 24.2 Å². The van der Waals surface area contributed by atoms with Crippen molar-refractivity contribution in [3.8, 4) is 0 Å².